The van der Waals surface area contributed by atoms with E-state index in [-0.39, 0.29) is 17.0 Å². The molecule has 0 spiro atoms. The van der Waals surface area contributed by atoms with Gasteiger partial charge in [-0.3, -0.25) is 9.69 Å². The summed E-state index contributed by atoms with van der Waals surface area (Å²) in [6, 6.07) is 3.53. The Kier molecular flexibility index (Phi) is 4.26. The number of carboxylic acid groups (broad SMARTS) is 1. The molecule has 0 aliphatic carbocycles. The average molecular weight is 246 g/mol. The van der Waals surface area contributed by atoms with Crippen molar-refractivity contribution in [3.63, 3.8) is 0 Å². The van der Waals surface area contributed by atoms with Crippen LogP contribution in [0.5, 0.6) is 0 Å². The third-order valence-electron chi connectivity index (χ3n) is 2.37. The first-order valence-corrected chi connectivity index (χ1v) is 5.13. The van der Waals surface area contributed by atoms with Crippen molar-refractivity contribution in [2.45, 2.75) is 12.5 Å². The Balaban J connectivity index is 2.98. The van der Waals surface area contributed by atoms with Crippen LogP contribution in [0, 0.1) is 5.82 Å². The van der Waals surface area contributed by atoms with Crippen LogP contribution in [0.4, 0.5) is 4.39 Å². The number of benzene rings is 1. The average Bonchev–Trinajstić information content (AvgIpc) is 2.15. The molecular formula is C11H13ClFNO2. The summed E-state index contributed by atoms with van der Waals surface area (Å²) >= 11 is 5.83. The number of likely N-dealkylation sites (N-methyl/N-ethyl adjacent to an activating group) is 1. The van der Waals surface area contributed by atoms with Crippen molar-refractivity contribution in [2.75, 3.05) is 14.1 Å². The normalized spacial score (nSPS) is 12.8. The molecule has 0 radical (unpaired) electrons. The molecule has 0 saturated carbocycles. The first kappa shape index (κ1) is 12.9. The Morgan fingerprint density at radius 3 is 2.62 bits per heavy atom. The Morgan fingerprint density at radius 1 is 1.56 bits per heavy atom. The van der Waals surface area contributed by atoms with Gasteiger partial charge in [0.25, 0.3) is 0 Å². The van der Waals surface area contributed by atoms with Crippen LogP contribution in [0.3, 0.4) is 0 Å². The number of rotatable bonds is 4. The van der Waals surface area contributed by atoms with Crippen LogP contribution in [0.25, 0.3) is 0 Å². The van der Waals surface area contributed by atoms with Gasteiger partial charge in [-0.2, -0.15) is 0 Å². The lowest BCUT2D eigenvalue weighted by Gasteiger charge is -2.20. The van der Waals surface area contributed by atoms with Gasteiger partial charge in [0.2, 0.25) is 0 Å². The highest BCUT2D eigenvalue weighted by Gasteiger charge is 2.22. The summed E-state index contributed by atoms with van der Waals surface area (Å²) in [6.07, 6.45) is 0.0494. The maximum absolute atomic E-state index is 13.4. The maximum atomic E-state index is 13.4. The lowest BCUT2D eigenvalue weighted by atomic mass is 10.0. The number of halogens is 2. The number of hydrogen-bond acceptors (Lipinski definition) is 2. The molecule has 1 aromatic carbocycles. The molecule has 3 nitrogen and oxygen atoms in total. The second-order valence-electron chi connectivity index (χ2n) is 3.72. The van der Waals surface area contributed by atoms with Crippen LogP contribution in [-0.2, 0) is 11.2 Å². The summed E-state index contributed by atoms with van der Waals surface area (Å²) in [5, 5.41) is 9.24. The molecular weight excluding hydrogens is 233 g/mol. The van der Waals surface area contributed by atoms with Gasteiger partial charge in [0.05, 0.1) is 0 Å². The monoisotopic (exact) mass is 245 g/mol. The summed E-state index contributed by atoms with van der Waals surface area (Å²) in [6.45, 7) is 0. The zero-order chi connectivity index (χ0) is 12.3. The lowest BCUT2D eigenvalue weighted by molar-refractivity contribution is -0.142. The van der Waals surface area contributed by atoms with Gasteiger partial charge < -0.3 is 5.11 Å². The summed E-state index contributed by atoms with van der Waals surface area (Å²) < 4.78 is 13.4. The van der Waals surface area contributed by atoms with E-state index < -0.39 is 17.8 Å². The van der Waals surface area contributed by atoms with Crippen LogP contribution in [0.2, 0.25) is 5.02 Å². The molecule has 0 saturated heterocycles. The number of hydrogen-bond donors (Lipinski definition) is 1. The molecule has 1 rings (SSSR count). The van der Waals surface area contributed by atoms with Crippen LogP contribution in [0.1, 0.15) is 5.56 Å². The zero-order valence-corrected chi connectivity index (χ0v) is 9.83. The maximum Gasteiger partial charge on any atom is 0.321 e. The van der Waals surface area contributed by atoms with E-state index in [4.69, 9.17) is 16.7 Å². The fourth-order valence-electron chi connectivity index (χ4n) is 1.41. The van der Waals surface area contributed by atoms with Gasteiger partial charge in [0, 0.05) is 17.0 Å². The molecule has 0 heterocycles. The minimum atomic E-state index is -0.996. The van der Waals surface area contributed by atoms with Crippen LogP contribution in [0.15, 0.2) is 18.2 Å². The van der Waals surface area contributed by atoms with E-state index >= 15 is 0 Å². The van der Waals surface area contributed by atoms with Gasteiger partial charge >= 0.3 is 5.97 Å². The van der Waals surface area contributed by atoms with E-state index in [2.05, 4.69) is 0 Å². The summed E-state index contributed by atoms with van der Waals surface area (Å²) in [5.41, 5.74) is 0.241. The van der Waals surface area contributed by atoms with Crippen LogP contribution < -0.4 is 0 Å². The summed E-state index contributed by atoms with van der Waals surface area (Å²) in [7, 11) is 3.26. The second kappa shape index (κ2) is 5.27. The molecule has 0 aromatic heterocycles. The molecule has 16 heavy (non-hydrogen) atoms. The van der Waals surface area contributed by atoms with Crippen molar-refractivity contribution in [3.8, 4) is 0 Å². The van der Waals surface area contributed by atoms with Crippen LogP contribution >= 0.6 is 11.6 Å². The van der Waals surface area contributed by atoms with Crippen molar-refractivity contribution in [1.29, 1.82) is 0 Å². The third-order valence-corrected chi connectivity index (χ3v) is 2.72. The van der Waals surface area contributed by atoms with E-state index in [1.54, 1.807) is 20.2 Å². The van der Waals surface area contributed by atoms with Crippen molar-refractivity contribution >= 4 is 17.6 Å². The highest BCUT2D eigenvalue weighted by atomic mass is 35.5. The molecule has 0 bridgehead atoms. The van der Waals surface area contributed by atoms with E-state index in [9.17, 15) is 9.18 Å². The van der Waals surface area contributed by atoms with Crippen molar-refractivity contribution < 1.29 is 14.3 Å². The Labute approximate surface area is 98.4 Å². The van der Waals surface area contributed by atoms with Crippen LogP contribution in [-0.4, -0.2) is 36.1 Å². The Hall–Kier alpha value is -1.13. The quantitative estimate of drug-likeness (QED) is 0.883. The fraction of sp³-hybridized carbons (Fsp3) is 0.364. The van der Waals surface area contributed by atoms with E-state index in [0.29, 0.717) is 0 Å². The molecule has 5 heteroatoms. The van der Waals surface area contributed by atoms with Gasteiger partial charge in [0.15, 0.2) is 0 Å². The number of nitrogens with zero attached hydrogens (tertiary/aromatic N) is 1. The van der Waals surface area contributed by atoms with Crippen molar-refractivity contribution in [1.82, 2.24) is 4.90 Å². The first-order chi connectivity index (χ1) is 7.43. The van der Waals surface area contributed by atoms with Gasteiger partial charge in [0.1, 0.15) is 11.9 Å². The number of carbonyl (C=O) groups is 1. The lowest BCUT2D eigenvalue weighted by Crippen LogP contribution is -2.37. The third kappa shape index (κ3) is 2.93. The van der Waals surface area contributed by atoms with E-state index in [1.807, 2.05) is 0 Å². The molecule has 1 unspecified atom stereocenters. The summed E-state index contributed by atoms with van der Waals surface area (Å²) in [5.74, 6) is -1.47. The van der Waals surface area contributed by atoms with Gasteiger partial charge in [-0.25, -0.2) is 4.39 Å². The SMILES string of the molecule is CN(C)C(Cc1c(F)cccc1Cl)C(=O)O. The standard InChI is InChI=1S/C11H13ClFNO2/c1-14(2)10(11(15)16)6-7-8(12)4-3-5-9(7)13/h3-5,10H,6H2,1-2H3,(H,15,16). The molecule has 1 N–H and O–H groups in total. The molecule has 88 valence electrons. The van der Waals surface area contributed by atoms with Gasteiger partial charge in [-0.15, -0.1) is 0 Å². The number of aliphatic carboxylic acids is 1. The predicted octanol–water partition coefficient (Wildman–Crippen LogP) is 2.04. The molecule has 0 amide bonds. The first-order valence-electron chi connectivity index (χ1n) is 4.75. The van der Waals surface area contributed by atoms with E-state index in [1.165, 1.54) is 17.0 Å². The van der Waals surface area contributed by atoms with Gasteiger partial charge in [-0.1, -0.05) is 17.7 Å². The second-order valence-corrected chi connectivity index (χ2v) is 4.13. The summed E-state index contributed by atoms with van der Waals surface area (Å²) in [4.78, 5) is 12.5. The predicted molar refractivity (Wildman–Crippen MR) is 60.2 cm³/mol. The molecule has 1 atom stereocenters. The molecule has 1 aromatic rings. The number of carboxylic acids is 1. The fourth-order valence-corrected chi connectivity index (χ4v) is 1.65. The minimum Gasteiger partial charge on any atom is -0.480 e. The highest BCUT2D eigenvalue weighted by Crippen LogP contribution is 2.21. The molecule has 0 fully saturated rings. The smallest absolute Gasteiger partial charge is 0.321 e. The van der Waals surface area contributed by atoms with Gasteiger partial charge in [-0.05, 0) is 26.2 Å². The van der Waals surface area contributed by atoms with Crippen molar-refractivity contribution in [2.24, 2.45) is 0 Å². The Bertz CT molecular complexity index is 375. The largest absolute Gasteiger partial charge is 0.480 e. The van der Waals surface area contributed by atoms with E-state index in [0.717, 1.165) is 0 Å². The highest BCUT2D eigenvalue weighted by molar-refractivity contribution is 6.31. The minimum absolute atomic E-state index is 0.0494. The Morgan fingerprint density at radius 2 is 2.19 bits per heavy atom. The molecule has 0 aliphatic rings. The van der Waals surface area contributed by atoms with Crippen molar-refractivity contribution in [3.05, 3.63) is 34.6 Å². The zero-order valence-electron chi connectivity index (χ0n) is 9.08. The molecule has 0 aliphatic heterocycles. The topological polar surface area (TPSA) is 40.5 Å².